The van der Waals surface area contributed by atoms with E-state index in [4.69, 9.17) is 21.2 Å². The van der Waals surface area contributed by atoms with Crippen LogP contribution in [0, 0.1) is 0 Å². The summed E-state index contributed by atoms with van der Waals surface area (Å²) in [5, 5.41) is 6.89. The zero-order chi connectivity index (χ0) is 12.0. The van der Waals surface area contributed by atoms with Crippen molar-refractivity contribution in [3.8, 4) is 11.5 Å². The highest BCUT2D eigenvalue weighted by molar-refractivity contribution is 5.90. The highest BCUT2D eigenvalue weighted by Gasteiger charge is 2.08. The molecule has 6 heteroatoms. The minimum Gasteiger partial charge on any atom is -0.496 e. The van der Waals surface area contributed by atoms with Gasteiger partial charge in [-0.2, -0.15) is 10.2 Å². The fraction of sp³-hybridized carbons (Fsp3) is 0.200. The number of methoxy groups -OCH3 is 2. The summed E-state index contributed by atoms with van der Waals surface area (Å²) < 4.78 is 10.4. The number of nitrogens with two attached hydrogens (primary N) is 2. The quantitative estimate of drug-likeness (QED) is 0.435. The van der Waals surface area contributed by atoms with Crippen molar-refractivity contribution >= 4 is 12.4 Å². The summed E-state index contributed by atoms with van der Waals surface area (Å²) in [6.07, 6.45) is 2.95. The van der Waals surface area contributed by atoms with Crippen molar-refractivity contribution in [1.82, 2.24) is 0 Å². The van der Waals surface area contributed by atoms with Crippen molar-refractivity contribution in [2.45, 2.75) is 0 Å². The van der Waals surface area contributed by atoms with E-state index in [2.05, 4.69) is 10.2 Å². The van der Waals surface area contributed by atoms with Crippen LogP contribution >= 0.6 is 0 Å². The van der Waals surface area contributed by atoms with Crippen molar-refractivity contribution in [3.63, 3.8) is 0 Å². The zero-order valence-electron chi connectivity index (χ0n) is 9.18. The topological polar surface area (TPSA) is 95.2 Å². The standard InChI is InChI=1S/C10H14N4O2/c1-15-9-3-8(6-14-12)10(16-2)4-7(9)5-13-11/h3-6H,11-12H2,1-2H3. The van der Waals surface area contributed by atoms with Crippen LogP contribution in [0.2, 0.25) is 0 Å². The summed E-state index contributed by atoms with van der Waals surface area (Å²) in [7, 11) is 3.11. The molecular formula is C10H14N4O2. The Kier molecular flexibility index (Phi) is 4.14. The fourth-order valence-corrected chi connectivity index (χ4v) is 1.31. The van der Waals surface area contributed by atoms with Crippen molar-refractivity contribution in [3.05, 3.63) is 23.3 Å². The first-order chi connectivity index (χ1) is 7.76. The Morgan fingerprint density at radius 3 is 1.56 bits per heavy atom. The van der Waals surface area contributed by atoms with Crippen LogP contribution in [0.3, 0.4) is 0 Å². The van der Waals surface area contributed by atoms with E-state index in [9.17, 15) is 0 Å². The summed E-state index contributed by atoms with van der Waals surface area (Å²) in [6.45, 7) is 0. The van der Waals surface area contributed by atoms with Gasteiger partial charge in [0, 0.05) is 11.1 Å². The third kappa shape index (κ3) is 2.41. The second-order valence-electron chi connectivity index (χ2n) is 2.89. The third-order valence-electron chi connectivity index (χ3n) is 2.01. The van der Waals surface area contributed by atoms with E-state index in [-0.39, 0.29) is 0 Å². The first kappa shape index (κ1) is 11.8. The minimum absolute atomic E-state index is 0.616. The Morgan fingerprint density at radius 2 is 1.31 bits per heavy atom. The molecule has 0 saturated heterocycles. The van der Waals surface area contributed by atoms with Gasteiger partial charge >= 0.3 is 0 Å². The number of hydrogen-bond donors (Lipinski definition) is 2. The maximum Gasteiger partial charge on any atom is 0.128 e. The number of ether oxygens (including phenoxy) is 2. The van der Waals surface area contributed by atoms with Gasteiger partial charge in [0.2, 0.25) is 0 Å². The summed E-state index contributed by atoms with van der Waals surface area (Å²) in [5.41, 5.74) is 1.44. The molecule has 0 bridgehead atoms. The average molecular weight is 222 g/mol. The van der Waals surface area contributed by atoms with E-state index in [0.29, 0.717) is 11.5 Å². The van der Waals surface area contributed by atoms with E-state index in [0.717, 1.165) is 11.1 Å². The molecule has 1 aromatic rings. The first-order valence-corrected chi connectivity index (χ1v) is 4.49. The molecule has 1 rings (SSSR count). The summed E-state index contributed by atoms with van der Waals surface area (Å²) >= 11 is 0. The monoisotopic (exact) mass is 222 g/mol. The molecule has 0 atom stereocenters. The predicted molar refractivity (Wildman–Crippen MR) is 63.1 cm³/mol. The number of benzene rings is 1. The summed E-state index contributed by atoms with van der Waals surface area (Å²) in [4.78, 5) is 0. The molecule has 4 N–H and O–H groups in total. The molecule has 86 valence electrons. The number of hydrazone groups is 2. The van der Waals surface area contributed by atoms with Crippen LogP contribution in [0.25, 0.3) is 0 Å². The second kappa shape index (κ2) is 5.59. The molecule has 16 heavy (non-hydrogen) atoms. The van der Waals surface area contributed by atoms with Crippen LogP contribution in [0.4, 0.5) is 0 Å². The maximum atomic E-state index is 5.18. The van der Waals surface area contributed by atoms with Gasteiger partial charge in [-0.1, -0.05) is 0 Å². The van der Waals surface area contributed by atoms with Crippen molar-refractivity contribution in [2.24, 2.45) is 21.9 Å². The van der Waals surface area contributed by atoms with Crippen molar-refractivity contribution in [1.29, 1.82) is 0 Å². The van der Waals surface area contributed by atoms with Crippen LogP contribution < -0.4 is 21.2 Å². The Hall–Kier alpha value is -2.24. The largest absolute Gasteiger partial charge is 0.496 e. The molecule has 1 aromatic carbocycles. The normalized spacial score (nSPS) is 11.1. The molecule has 0 aliphatic rings. The number of hydrogen-bond acceptors (Lipinski definition) is 6. The molecule has 0 aromatic heterocycles. The smallest absolute Gasteiger partial charge is 0.128 e. The van der Waals surface area contributed by atoms with Gasteiger partial charge in [0.1, 0.15) is 11.5 Å². The van der Waals surface area contributed by atoms with Gasteiger partial charge in [0.05, 0.1) is 26.6 Å². The third-order valence-corrected chi connectivity index (χ3v) is 2.01. The molecule has 0 aliphatic heterocycles. The molecule has 0 heterocycles. The van der Waals surface area contributed by atoms with Crippen LogP contribution in [-0.2, 0) is 0 Å². The molecule has 6 nitrogen and oxygen atoms in total. The van der Waals surface area contributed by atoms with Crippen molar-refractivity contribution < 1.29 is 9.47 Å². The lowest BCUT2D eigenvalue weighted by Crippen LogP contribution is -1.99. The lowest BCUT2D eigenvalue weighted by molar-refractivity contribution is 0.402. The van der Waals surface area contributed by atoms with Gasteiger partial charge < -0.3 is 21.2 Å². The molecule has 0 aliphatic carbocycles. The Bertz CT molecular complexity index is 376. The van der Waals surface area contributed by atoms with Crippen LogP contribution in [0.5, 0.6) is 11.5 Å². The van der Waals surface area contributed by atoms with E-state index >= 15 is 0 Å². The Morgan fingerprint density at radius 1 is 0.938 bits per heavy atom. The lowest BCUT2D eigenvalue weighted by Gasteiger charge is -2.09. The fourth-order valence-electron chi connectivity index (χ4n) is 1.31. The van der Waals surface area contributed by atoms with Crippen molar-refractivity contribution in [2.75, 3.05) is 14.2 Å². The number of nitrogens with zero attached hydrogens (tertiary/aromatic N) is 2. The van der Waals surface area contributed by atoms with Crippen LogP contribution in [0.15, 0.2) is 22.3 Å². The zero-order valence-corrected chi connectivity index (χ0v) is 9.18. The SMILES string of the molecule is COc1cc(C=NN)c(OC)cc1C=NN. The molecule has 0 spiro atoms. The van der Waals surface area contributed by atoms with Gasteiger partial charge in [0.25, 0.3) is 0 Å². The summed E-state index contributed by atoms with van der Waals surface area (Å²) in [5.74, 6) is 11.4. The van der Waals surface area contributed by atoms with Crippen LogP contribution in [0.1, 0.15) is 11.1 Å². The Balaban J connectivity index is 3.33. The molecular weight excluding hydrogens is 208 g/mol. The highest BCUT2D eigenvalue weighted by atomic mass is 16.5. The molecule has 0 unspecified atom stereocenters. The van der Waals surface area contributed by atoms with Gasteiger partial charge in [-0.25, -0.2) is 0 Å². The van der Waals surface area contributed by atoms with Gasteiger partial charge in [0.15, 0.2) is 0 Å². The maximum absolute atomic E-state index is 5.18. The number of rotatable bonds is 4. The van der Waals surface area contributed by atoms with Gasteiger partial charge in [-0.3, -0.25) is 0 Å². The molecule has 0 fully saturated rings. The first-order valence-electron chi connectivity index (χ1n) is 4.49. The van der Waals surface area contributed by atoms with E-state index in [1.807, 2.05) is 0 Å². The average Bonchev–Trinajstić information content (AvgIpc) is 2.31. The molecule has 0 saturated carbocycles. The van der Waals surface area contributed by atoms with E-state index in [1.165, 1.54) is 12.4 Å². The second-order valence-corrected chi connectivity index (χ2v) is 2.89. The van der Waals surface area contributed by atoms with Gasteiger partial charge in [-0.15, -0.1) is 0 Å². The highest BCUT2D eigenvalue weighted by Crippen LogP contribution is 2.26. The van der Waals surface area contributed by atoms with E-state index < -0.39 is 0 Å². The van der Waals surface area contributed by atoms with Gasteiger partial charge in [-0.05, 0) is 12.1 Å². The van der Waals surface area contributed by atoms with Crippen LogP contribution in [-0.4, -0.2) is 26.6 Å². The Labute approximate surface area is 93.5 Å². The lowest BCUT2D eigenvalue weighted by atomic mass is 10.1. The summed E-state index contributed by atoms with van der Waals surface area (Å²) in [6, 6.07) is 3.48. The predicted octanol–water partition coefficient (Wildman–Crippen LogP) is 0.289. The molecule has 0 amide bonds. The molecule has 0 radical (unpaired) electrons. The van der Waals surface area contributed by atoms with E-state index in [1.54, 1.807) is 26.4 Å². The minimum atomic E-state index is 0.616.